The van der Waals surface area contributed by atoms with Crippen LogP contribution in [0, 0.1) is 17.8 Å². The monoisotopic (exact) mass is 849 g/mol. The van der Waals surface area contributed by atoms with Crippen molar-refractivity contribution in [3.05, 3.63) is 42.6 Å². The summed E-state index contributed by atoms with van der Waals surface area (Å²) in [6.45, 7) is 7.38. The lowest BCUT2D eigenvalue weighted by atomic mass is 9.88. The summed E-state index contributed by atoms with van der Waals surface area (Å²) in [5, 5.41) is 6.67. The van der Waals surface area contributed by atoms with E-state index in [-0.39, 0.29) is 44.0 Å². The molecule has 0 radical (unpaired) electrons. The Morgan fingerprint density at radius 2 is 1.83 bits per heavy atom. The third-order valence-electron chi connectivity index (χ3n) is 12.2. The van der Waals surface area contributed by atoms with Crippen LogP contribution >= 0.6 is 0 Å². The van der Waals surface area contributed by atoms with E-state index in [0.29, 0.717) is 43.9 Å². The summed E-state index contributed by atoms with van der Waals surface area (Å²) in [7, 11) is -4.44. The van der Waals surface area contributed by atoms with Gasteiger partial charge in [-0.1, -0.05) is 26.0 Å². The summed E-state index contributed by atoms with van der Waals surface area (Å²) >= 11 is 0. The number of sulfonamides is 1. The minimum Gasteiger partial charge on any atom is -0.494 e. The molecule has 4 aliphatic rings. The standard InChI is InChI=1S/C41H54F3N5O9S/c1-7-56-28-12-13-30-26(19-28)14-17-45-34(30)57-29-20-31-33(50)47-41(36(52)48-59(54,55)40(23-42)15-16-40)21-27(41)11-9-8-10-24(2)18-25(3)32(35(51)49(31)22-29)46-37(53)58-38(4,5)39(6,43)44/h9,11-14,17,19,24-25,27,29,31-32H,7-8,10,15-16,18,20-23H2,1-6H3,(H,46,53)(H,47,50)(H,48,52). The Labute approximate surface area is 342 Å². The number of hydrogen-bond donors (Lipinski definition) is 3. The molecule has 1 saturated heterocycles. The zero-order chi connectivity index (χ0) is 43.1. The van der Waals surface area contributed by atoms with Crippen LogP contribution in [0.2, 0.25) is 0 Å². The fourth-order valence-electron chi connectivity index (χ4n) is 7.87. The molecule has 2 saturated carbocycles. The molecule has 2 aromatic rings. The van der Waals surface area contributed by atoms with Gasteiger partial charge in [-0.15, -0.1) is 0 Å². The highest BCUT2D eigenvalue weighted by atomic mass is 32.2. The smallest absolute Gasteiger partial charge is 0.408 e. The van der Waals surface area contributed by atoms with Crippen LogP contribution in [-0.4, -0.2) is 102 Å². The lowest BCUT2D eigenvalue weighted by molar-refractivity contribution is -0.152. The number of benzene rings is 1. The molecule has 0 spiro atoms. The van der Waals surface area contributed by atoms with Gasteiger partial charge in [0, 0.05) is 30.8 Å². The highest BCUT2D eigenvalue weighted by Gasteiger charge is 2.64. The molecule has 59 heavy (non-hydrogen) atoms. The number of rotatable bonds is 11. The quantitative estimate of drug-likeness (QED) is 0.250. The Bertz CT molecular complexity index is 2090. The van der Waals surface area contributed by atoms with Crippen molar-refractivity contribution in [3.8, 4) is 11.6 Å². The SMILES string of the molecule is CCOc1ccc2c(OC3CC4C(=O)NC5(C(=O)NS(=O)(=O)C6(CF)CC6)CC5C=CCCC(C)CC(C)C(NC(=O)OC(C)(C)C(C)(F)F)C(=O)N4C3)nccc2c1. The lowest BCUT2D eigenvalue weighted by Crippen LogP contribution is -2.60. The van der Waals surface area contributed by atoms with Crippen LogP contribution in [0.3, 0.4) is 0 Å². The predicted molar refractivity (Wildman–Crippen MR) is 211 cm³/mol. The minimum atomic E-state index is -4.44. The molecule has 4 amide bonds. The first kappa shape index (κ1) is 44.0. The topological polar surface area (TPSA) is 182 Å². The highest BCUT2D eigenvalue weighted by Crippen LogP contribution is 2.48. The maximum Gasteiger partial charge on any atom is 0.408 e. The van der Waals surface area contributed by atoms with Crippen molar-refractivity contribution in [2.45, 2.75) is 126 Å². The van der Waals surface area contributed by atoms with Crippen molar-refractivity contribution in [1.29, 1.82) is 0 Å². The Kier molecular flexibility index (Phi) is 12.3. The zero-order valence-corrected chi connectivity index (χ0v) is 35.0. The van der Waals surface area contributed by atoms with E-state index >= 15 is 0 Å². The first-order valence-corrected chi connectivity index (χ1v) is 21.6. The summed E-state index contributed by atoms with van der Waals surface area (Å²) in [6, 6.07) is 4.46. The summed E-state index contributed by atoms with van der Waals surface area (Å²) in [6.07, 6.45) is 4.64. The van der Waals surface area contributed by atoms with E-state index in [0.717, 1.165) is 19.2 Å². The number of nitrogens with one attached hydrogen (secondary N) is 3. The normalized spacial score (nSPS) is 28.6. The largest absolute Gasteiger partial charge is 0.494 e. The Hall–Kier alpha value is -4.61. The van der Waals surface area contributed by atoms with Crippen molar-refractivity contribution >= 4 is 44.6 Å². The van der Waals surface area contributed by atoms with Gasteiger partial charge in [0.1, 0.15) is 40.9 Å². The van der Waals surface area contributed by atoms with E-state index in [1.165, 1.54) is 4.90 Å². The Morgan fingerprint density at radius 3 is 2.49 bits per heavy atom. The molecule has 2 aliphatic heterocycles. The number of pyridine rings is 1. The molecule has 1 aromatic carbocycles. The lowest BCUT2D eigenvalue weighted by Gasteiger charge is -2.35. The fourth-order valence-corrected chi connectivity index (χ4v) is 9.29. The van der Waals surface area contributed by atoms with E-state index in [1.54, 1.807) is 37.4 Å². The van der Waals surface area contributed by atoms with E-state index < -0.39 is 92.3 Å². The molecule has 14 nitrogen and oxygen atoms in total. The Morgan fingerprint density at radius 1 is 1.10 bits per heavy atom. The number of nitrogens with zero attached hydrogens (tertiary/aromatic N) is 2. The number of hydrogen-bond acceptors (Lipinski definition) is 10. The van der Waals surface area contributed by atoms with Gasteiger partial charge in [0.05, 0.1) is 13.2 Å². The van der Waals surface area contributed by atoms with E-state index in [1.807, 2.05) is 30.7 Å². The van der Waals surface area contributed by atoms with Gasteiger partial charge in [-0.2, -0.15) is 0 Å². The summed E-state index contributed by atoms with van der Waals surface area (Å²) in [5.41, 5.74) is -3.97. The van der Waals surface area contributed by atoms with Gasteiger partial charge in [0.15, 0.2) is 5.60 Å². The van der Waals surface area contributed by atoms with Gasteiger partial charge in [0.25, 0.3) is 11.8 Å². The van der Waals surface area contributed by atoms with Crippen molar-refractivity contribution in [2.75, 3.05) is 19.8 Å². The molecular formula is C41H54F3N5O9S. The Balaban J connectivity index is 1.35. The first-order chi connectivity index (χ1) is 27.7. The van der Waals surface area contributed by atoms with Crippen molar-refractivity contribution in [2.24, 2.45) is 17.8 Å². The molecule has 3 fully saturated rings. The van der Waals surface area contributed by atoms with Gasteiger partial charge in [-0.3, -0.25) is 19.1 Å². The second-order valence-corrected chi connectivity index (χ2v) is 19.2. The number of alkyl halides is 3. The third kappa shape index (κ3) is 9.11. The summed E-state index contributed by atoms with van der Waals surface area (Å²) < 4.78 is 86.6. The number of alkyl carbamates (subject to hydrolysis) is 1. The molecule has 7 unspecified atom stereocenters. The number of carbonyl (C=O) groups is 4. The molecule has 1 aromatic heterocycles. The van der Waals surface area contributed by atoms with Gasteiger partial charge in [0.2, 0.25) is 27.7 Å². The van der Waals surface area contributed by atoms with Crippen LogP contribution in [0.1, 0.15) is 86.5 Å². The third-order valence-corrected chi connectivity index (χ3v) is 14.3. The minimum absolute atomic E-state index is 0.0111. The number of allylic oxidation sites excluding steroid dienone is 1. The number of ether oxygens (including phenoxy) is 3. The van der Waals surface area contributed by atoms with Crippen molar-refractivity contribution in [3.63, 3.8) is 0 Å². The maximum atomic E-state index is 14.8. The number of carbonyl (C=O) groups excluding carboxylic acids is 4. The number of halogens is 3. The van der Waals surface area contributed by atoms with Crippen molar-refractivity contribution in [1.82, 2.24) is 25.2 Å². The molecular weight excluding hydrogens is 796 g/mol. The van der Waals surface area contributed by atoms with Gasteiger partial charge < -0.3 is 29.7 Å². The molecule has 324 valence electrons. The molecule has 3 heterocycles. The van der Waals surface area contributed by atoms with Crippen molar-refractivity contribution < 1.29 is 55.0 Å². The molecule has 6 rings (SSSR count). The summed E-state index contributed by atoms with van der Waals surface area (Å²) in [4.78, 5) is 62.2. The molecule has 18 heteroatoms. The number of aromatic nitrogens is 1. The maximum absolute atomic E-state index is 14.8. The van der Waals surface area contributed by atoms with Gasteiger partial charge in [-0.05, 0) is 101 Å². The highest BCUT2D eigenvalue weighted by molar-refractivity contribution is 7.91. The van der Waals surface area contributed by atoms with Crippen LogP contribution in [0.5, 0.6) is 11.6 Å². The van der Waals surface area contributed by atoms with Crippen LogP contribution in [0.25, 0.3) is 10.8 Å². The van der Waals surface area contributed by atoms with Crippen LogP contribution < -0.4 is 24.8 Å². The van der Waals surface area contributed by atoms with Crippen LogP contribution in [0.15, 0.2) is 42.6 Å². The predicted octanol–water partition coefficient (Wildman–Crippen LogP) is 5.35. The van der Waals surface area contributed by atoms with Crippen LogP contribution in [0.4, 0.5) is 18.0 Å². The first-order valence-electron chi connectivity index (χ1n) is 20.1. The zero-order valence-electron chi connectivity index (χ0n) is 34.2. The number of fused-ring (bicyclic) bond motifs is 3. The average Bonchev–Trinajstić information content (AvgIpc) is 4.06. The average molecular weight is 850 g/mol. The number of amides is 4. The second kappa shape index (κ2) is 16.4. The second-order valence-electron chi connectivity index (χ2n) is 17.2. The van der Waals surface area contributed by atoms with Gasteiger partial charge in [-0.25, -0.2) is 31.4 Å². The van der Waals surface area contributed by atoms with Crippen LogP contribution in [-0.2, 0) is 29.1 Å². The molecule has 7 atom stereocenters. The van der Waals surface area contributed by atoms with E-state index in [2.05, 4.69) is 15.6 Å². The summed E-state index contributed by atoms with van der Waals surface area (Å²) in [5.74, 6) is -6.31. The molecule has 0 bridgehead atoms. The molecule has 3 N–H and O–H groups in total. The molecule has 2 aliphatic carbocycles. The fraction of sp³-hybridized carbons (Fsp3) is 0.634. The van der Waals surface area contributed by atoms with Gasteiger partial charge >= 0.3 is 6.09 Å². The van der Waals surface area contributed by atoms with E-state index in [4.69, 9.17) is 14.2 Å². The van der Waals surface area contributed by atoms with E-state index in [9.17, 15) is 40.8 Å².